The van der Waals surface area contributed by atoms with Crippen LogP contribution < -0.4 is 15.5 Å². The Morgan fingerprint density at radius 1 is 1.19 bits per heavy atom. The molecule has 8 heteroatoms. The van der Waals surface area contributed by atoms with Gasteiger partial charge in [0.1, 0.15) is 6.07 Å². The van der Waals surface area contributed by atoms with Gasteiger partial charge in [0, 0.05) is 32.9 Å². The van der Waals surface area contributed by atoms with E-state index < -0.39 is 0 Å². The molecule has 2 N–H and O–H groups in total. The SMILES string of the molecule is CN(C)c1nc(N)nc(/C(C#N)=C/c2ccc(N3CCOCC3)cc2)n1. The van der Waals surface area contributed by atoms with E-state index in [4.69, 9.17) is 10.5 Å². The number of nitriles is 1. The van der Waals surface area contributed by atoms with Gasteiger partial charge in [0.2, 0.25) is 11.9 Å². The van der Waals surface area contributed by atoms with E-state index in [1.165, 1.54) is 0 Å². The van der Waals surface area contributed by atoms with Crippen LogP contribution in [-0.2, 0) is 4.74 Å². The highest BCUT2D eigenvalue weighted by Gasteiger charge is 2.12. The molecule has 2 heterocycles. The molecule has 134 valence electrons. The molecule has 1 aromatic heterocycles. The third kappa shape index (κ3) is 4.07. The molecule has 0 unspecified atom stereocenters. The van der Waals surface area contributed by atoms with Crippen LogP contribution in [0.1, 0.15) is 11.4 Å². The number of anilines is 3. The van der Waals surface area contributed by atoms with Crippen LogP contribution >= 0.6 is 0 Å². The van der Waals surface area contributed by atoms with Gasteiger partial charge in [0.25, 0.3) is 0 Å². The van der Waals surface area contributed by atoms with Crippen LogP contribution in [0.4, 0.5) is 17.6 Å². The van der Waals surface area contributed by atoms with Crippen LogP contribution in [0, 0.1) is 11.3 Å². The van der Waals surface area contributed by atoms with Crippen molar-refractivity contribution >= 4 is 29.2 Å². The number of nitrogens with two attached hydrogens (primary N) is 1. The molecule has 1 aliphatic rings. The van der Waals surface area contributed by atoms with Gasteiger partial charge in [-0.25, -0.2) is 0 Å². The summed E-state index contributed by atoms with van der Waals surface area (Å²) in [5.74, 6) is 0.764. The molecule has 0 spiro atoms. The molecule has 1 aromatic carbocycles. The average Bonchev–Trinajstić information content (AvgIpc) is 2.66. The topological polar surface area (TPSA) is 104 Å². The summed E-state index contributed by atoms with van der Waals surface area (Å²) in [5.41, 5.74) is 8.11. The van der Waals surface area contributed by atoms with Gasteiger partial charge in [-0.3, -0.25) is 0 Å². The predicted octanol–water partition coefficient (Wildman–Crippen LogP) is 1.42. The molecule has 0 bridgehead atoms. The van der Waals surface area contributed by atoms with E-state index in [-0.39, 0.29) is 11.8 Å². The second-order valence-electron chi connectivity index (χ2n) is 6.07. The number of benzene rings is 1. The molecule has 8 nitrogen and oxygen atoms in total. The molecule has 1 saturated heterocycles. The number of aromatic nitrogens is 3. The fourth-order valence-electron chi connectivity index (χ4n) is 2.62. The molecule has 1 fully saturated rings. The Morgan fingerprint density at radius 2 is 1.88 bits per heavy atom. The summed E-state index contributed by atoms with van der Waals surface area (Å²) in [7, 11) is 3.61. The van der Waals surface area contributed by atoms with Crippen molar-refractivity contribution in [2.75, 3.05) is 55.9 Å². The molecule has 1 aliphatic heterocycles. The highest BCUT2D eigenvalue weighted by atomic mass is 16.5. The number of hydrogen-bond acceptors (Lipinski definition) is 8. The molecule has 26 heavy (non-hydrogen) atoms. The maximum Gasteiger partial charge on any atom is 0.230 e. The number of ether oxygens (including phenoxy) is 1. The quantitative estimate of drug-likeness (QED) is 0.825. The van der Waals surface area contributed by atoms with E-state index in [1.54, 1.807) is 25.1 Å². The lowest BCUT2D eigenvalue weighted by Crippen LogP contribution is -2.36. The Bertz CT molecular complexity index is 834. The van der Waals surface area contributed by atoms with Gasteiger partial charge in [0.05, 0.1) is 18.8 Å². The summed E-state index contributed by atoms with van der Waals surface area (Å²) in [5, 5.41) is 9.52. The number of morpholine rings is 1. The minimum absolute atomic E-state index is 0.0857. The van der Waals surface area contributed by atoms with Gasteiger partial charge in [0.15, 0.2) is 5.82 Å². The Labute approximate surface area is 152 Å². The maximum absolute atomic E-state index is 9.52. The highest BCUT2D eigenvalue weighted by molar-refractivity contribution is 5.87. The van der Waals surface area contributed by atoms with Crippen molar-refractivity contribution in [3.8, 4) is 6.07 Å². The van der Waals surface area contributed by atoms with E-state index in [0.29, 0.717) is 11.5 Å². The van der Waals surface area contributed by atoms with Crippen molar-refractivity contribution in [1.82, 2.24) is 15.0 Å². The number of rotatable bonds is 4. The van der Waals surface area contributed by atoms with Crippen LogP contribution in [-0.4, -0.2) is 55.4 Å². The molecule has 2 aromatic rings. The molecule has 3 rings (SSSR count). The number of nitrogens with zero attached hydrogens (tertiary/aromatic N) is 6. The molecular weight excluding hydrogens is 330 g/mol. The predicted molar refractivity (Wildman–Crippen MR) is 102 cm³/mol. The number of hydrogen-bond donors (Lipinski definition) is 1. The van der Waals surface area contributed by atoms with Crippen LogP contribution in [0.3, 0.4) is 0 Å². The third-order valence-corrected chi connectivity index (χ3v) is 3.98. The van der Waals surface area contributed by atoms with Gasteiger partial charge in [-0.1, -0.05) is 12.1 Å². The molecule has 0 saturated carbocycles. The normalized spacial score (nSPS) is 14.8. The van der Waals surface area contributed by atoms with E-state index in [9.17, 15) is 5.26 Å². The first-order valence-corrected chi connectivity index (χ1v) is 8.30. The van der Waals surface area contributed by atoms with Crippen molar-refractivity contribution in [1.29, 1.82) is 5.26 Å². The maximum atomic E-state index is 9.52. The van der Waals surface area contributed by atoms with Crippen LogP contribution in [0.15, 0.2) is 24.3 Å². The number of nitrogen functional groups attached to an aromatic ring is 1. The van der Waals surface area contributed by atoms with Crippen molar-refractivity contribution in [3.63, 3.8) is 0 Å². The Hall–Kier alpha value is -3.18. The van der Waals surface area contributed by atoms with Crippen LogP contribution in [0.2, 0.25) is 0 Å². The summed E-state index contributed by atoms with van der Waals surface area (Å²) >= 11 is 0. The zero-order chi connectivity index (χ0) is 18.5. The summed E-state index contributed by atoms with van der Waals surface area (Å²) < 4.78 is 5.38. The van der Waals surface area contributed by atoms with Crippen LogP contribution in [0.25, 0.3) is 11.6 Å². The van der Waals surface area contributed by atoms with Crippen molar-refractivity contribution in [2.24, 2.45) is 0 Å². The molecular formula is C18H21N7O. The minimum Gasteiger partial charge on any atom is -0.378 e. The highest BCUT2D eigenvalue weighted by Crippen LogP contribution is 2.20. The monoisotopic (exact) mass is 351 g/mol. The van der Waals surface area contributed by atoms with E-state index >= 15 is 0 Å². The molecule has 0 radical (unpaired) electrons. The first-order valence-electron chi connectivity index (χ1n) is 8.30. The standard InChI is InChI=1S/C18H21N7O/c1-24(2)18-22-16(21-17(20)23-18)14(12-19)11-13-3-5-15(6-4-13)25-7-9-26-10-8-25/h3-6,11H,7-10H2,1-2H3,(H2,20,21,22,23)/b14-11+. The summed E-state index contributed by atoms with van der Waals surface area (Å²) in [6.45, 7) is 3.26. The summed E-state index contributed by atoms with van der Waals surface area (Å²) in [4.78, 5) is 16.4. The Kier molecular flexibility index (Phi) is 5.29. The Balaban J connectivity index is 1.86. The fourth-order valence-corrected chi connectivity index (χ4v) is 2.62. The van der Waals surface area contributed by atoms with Crippen molar-refractivity contribution in [2.45, 2.75) is 0 Å². The van der Waals surface area contributed by atoms with E-state index in [2.05, 4.69) is 25.9 Å². The molecule has 0 aliphatic carbocycles. The Morgan fingerprint density at radius 3 is 2.50 bits per heavy atom. The largest absolute Gasteiger partial charge is 0.378 e. The minimum atomic E-state index is 0.0857. The van der Waals surface area contributed by atoms with Crippen molar-refractivity contribution in [3.05, 3.63) is 35.7 Å². The summed E-state index contributed by atoms with van der Waals surface area (Å²) in [6, 6.07) is 10.2. The zero-order valence-electron chi connectivity index (χ0n) is 14.9. The average molecular weight is 351 g/mol. The lowest BCUT2D eigenvalue weighted by molar-refractivity contribution is 0.122. The third-order valence-electron chi connectivity index (χ3n) is 3.98. The lowest BCUT2D eigenvalue weighted by Gasteiger charge is -2.28. The van der Waals surface area contributed by atoms with E-state index in [1.807, 2.05) is 24.3 Å². The fraction of sp³-hybridized carbons (Fsp3) is 0.333. The van der Waals surface area contributed by atoms with Gasteiger partial charge >= 0.3 is 0 Å². The van der Waals surface area contributed by atoms with E-state index in [0.717, 1.165) is 37.6 Å². The smallest absolute Gasteiger partial charge is 0.230 e. The first-order chi connectivity index (χ1) is 12.6. The molecule has 0 atom stereocenters. The first kappa shape index (κ1) is 17.6. The van der Waals surface area contributed by atoms with Gasteiger partial charge in [-0.2, -0.15) is 20.2 Å². The lowest BCUT2D eigenvalue weighted by atomic mass is 10.1. The van der Waals surface area contributed by atoms with Gasteiger partial charge in [-0.05, 0) is 23.8 Å². The summed E-state index contributed by atoms with van der Waals surface area (Å²) in [6.07, 6.45) is 1.75. The number of allylic oxidation sites excluding steroid dienone is 1. The van der Waals surface area contributed by atoms with Gasteiger partial charge in [-0.15, -0.1) is 0 Å². The van der Waals surface area contributed by atoms with Crippen molar-refractivity contribution < 1.29 is 4.74 Å². The van der Waals surface area contributed by atoms with Gasteiger partial charge < -0.3 is 20.3 Å². The second kappa shape index (κ2) is 7.80. The zero-order valence-corrected chi connectivity index (χ0v) is 14.9. The molecule has 0 amide bonds. The second-order valence-corrected chi connectivity index (χ2v) is 6.07. The van der Waals surface area contributed by atoms with Crippen LogP contribution in [0.5, 0.6) is 0 Å².